The fourth-order valence-electron chi connectivity index (χ4n) is 3.89. The van der Waals surface area contributed by atoms with Gasteiger partial charge in [-0.25, -0.2) is 9.69 Å². The molecule has 1 aliphatic heterocycles. The van der Waals surface area contributed by atoms with E-state index in [1.165, 1.54) is 25.7 Å². The fraction of sp³-hybridized carbons (Fsp3) is 0.318. The number of carbonyl (C=O) groups excluding carboxylic acids is 3. The first-order chi connectivity index (χ1) is 14.0. The molecule has 150 valence electrons. The summed E-state index contributed by atoms with van der Waals surface area (Å²) >= 11 is 0. The summed E-state index contributed by atoms with van der Waals surface area (Å²) in [6, 6.07) is 9.19. The largest absolute Gasteiger partial charge is 0.351 e. The van der Waals surface area contributed by atoms with E-state index in [0.717, 1.165) is 16.0 Å². The van der Waals surface area contributed by atoms with Gasteiger partial charge in [-0.15, -0.1) is 0 Å². The van der Waals surface area contributed by atoms with E-state index in [2.05, 4.69) is 15.2 Å². The lowest BCUT2D eigenvalue weighted by Crippen LogP contribution is -2.38. The van der Waals surface area contributed by atoms with Crippen LogP contribution in [0.3, 0.4) is 0 Å². The summed E-state index contributed by atoms with van der Waals surface area (Å²) in [6.45, 7) is 1.59. The molecule has 2 fully saturated rings. The Morgan fingerprint density at radius 1 is 1.24 bits per heavy atom. The zero-order chi connectivity index (χ0) is 20.4. The van der Waals surface area contributed by atoms with Crippen LogP contribution in [0.5, 0.6) is 0 Å². The highest BCUT2D eigenvalue weighted by atomic mass is 16.2. The normalized spacial score (nSPS) is 18.5. The van der Waals surface area contributed by atoms with Crippen molar-refractivity contribution in [1.29, 1.82) is 0 Å². The molecule has 1 aromatic carbocycles. The van der Waals surface area contributed by atoms with Crippen LogP contribution >= 0.6 is 0 Å². The minimum Gasteiger partial charge on any atom is -0.351 e. The summed E-state index contributed by atoms with van der Waals surface area (Å²) in [5, 5.41) is 5.28. The van der Waals surface area contributed by atoms with E-state index in [9.17, 15) is 14.4 Å². The first-order valence-corrected chi connectivity index (χ1v) is 9.88. The van der Waals surface area contributed by atoms with Crippen molar-refractivity contribution in [2.45, 2.75) is 38.6 Å². The number of hydrogen-bond donors (Lipinski definition) is 2. The Morgan fingerprint density at radius 2 is 2.03 bits per heavy atom. The molecule has 7 nitrogen and oxygen atoms in total. The first-order valence-electron chi connectivity index (χ1n) is 9.88. The van der Waals surface area contributed by atoms with Crippen molar-refractivity contribution in [3.63, 3.8) is 0 Å². The van der Waals surface area contributed by atoms with Crippen LogP contribution in [0.1, 0.15) is 42.9 Å². The van der Waals surface area contributed by atoms with Gasteiger partial charge in [-0.2, -0.15) is 0 Å². The van der Waals surface area contributed by atoms with E-state index in [-0.39, 0.29) is 12.2 Å². The average Bonchev–Trinajstić information content (AvgIpc) is 3.40. The SMILES string of the molecule is Cc1cccc(NC(=O)CN2C(=O)N/C(=C/c3ccn(C4CCCC4)c3)C2=O)c1. The lowest BCUT2D eigenvalue weighted by Gasteiger charge is -2.12. The number of rotatable bonds is 5. The van der Waals surface area contributed by atoms with Crippen LogP contribution in [0.2, 0.25) is 0 Å². The Labute approximate surface area is 169 Å². The molecule has 7 heteroatoms. The quantitative estimate of drug-likeness (QED) is 0.604. The highest BCUT2D eigenvalue weighted by Crippen LogP contribution is 2.30. The van der Waals surface area contributed by atoms with E-state index in [1.807, 2.05) is 43.6 Å². The average molecular weight is 392 g/mol. The molecular formula is C22H24N4O3. The Kier molecular flexibility index (Phi) is 5.20. The highest BCUT2D eigenvalue weighted by Gasteiger charge is 2.35. The second-order valence-corrected chi connectivity index (χ2v) is 7.63. The van der Waals surface area contributed by atoms with Gasteiger partial charge in [0.15, 0.2) is 0 Å². The summed E-state index contributed by atoms with van der Waals surface area (Å²) in [5.41, 5.74) is 2.67. The zero-order valence-corrected chi connectivity index (χ0v) is 16.4. The number of hydrogen-bond acceptors (Lipinski definition) is 3. The van der Waals surface area contributed by atoms with Gasteiger partial charge in [0.1, 0.15) is 12.2 Å². The van der Waals surface area contributed by atoms with Gasteiger partial charge in [-0.3, -0.25) is 9.59 Å². The number of carbonyl (C=O) groups is 3. The van der Waals surface area contributed by atoms with E-state index in [1.54, 1.807) is 12.1 Å². The van der Waals surface area contributed by atoms with Gasteiger partial charge in [0.05, 0.1) is 0 Å². The van der Waals surface area contributed by atoms with Crippen molar-refractivity contribution in [2.24, 2.45) is 0 Å². The van der Waals surface area contributed by atoms with Crippen LogP contribution in [-0.4, -0.2) is 33.9 Å². The van der Waals surface area contributed by atoms with Gasteiger partial charge in [0, 0.05) is 24.1 Å². The van der Waals surface area contributed by atoms with Gasteiger partial charge in [-0.05, 0) is 55.2 Å². The molecule has 2 N–H and O–H groups in total. The van der Waals surface area contributed by atoms with Crippen molar-refractivity contribution in [1.82, 2.24) is 14.8 Å². The van der Waals surface area contributed by atoms with Crippen LogP contribution < -0.4 is 10.6 Å². The van der Waals surface area contributed by atoms with Crippen LogP contribution in [0.4, 0.5) is 10.5 Å². The summed E-state index contributed by atoms with van der Waals surface area (Å²) in [5.74, 6) is -0.921. The molecule has 0 unspecified atom stereocenters. The predicted molar refractivity (Wildman–Crippen MR) is 110 cm³/mol. The Hall–Kier alpha value is -3.35. The second-order valence-electron chi connectivity index (χ2n) is 7.63. The van der Waals surface area contributed by atoms with E-state index in [4.69, 9.17) is 0 Å². The van der Waals surface area contributed by atoms with E-state index < -0.39 is 17.8 Å². The highest BCUT2D eigenvalue weighted by molar-refractivity contribution is 6.15. The monoisotopic (exact) mass is 392 g/mol. The van der Waals surface area contributed by atoms with Crippen molar-refractivity contribution in [3.8, 4) is 0 Å². The number of anilines is 1. The summed E-state index contributed by atoms with van der Waals surface area (Å²) in [7, 11) is 0. The van der Waals surface area contributed by atoms with Gasteiger partial charge in [0.2, 0.25) is 5.91 Å². The molecule has 4 rings (SSSR count). The summed E-state index contributed by atoms with van der Waals surface area (Å²) in [6.07, 6.45) is 10.5. The number of nitrogens with zero attached hydrogens (tertiary/aromatic N) is 2. The van der Waals surface area contributed by atoms with E-state index >= 15 is 0 Å². The maximum absolute atomic E-state index is 12.6. The second kappa shape index (κ2) is 7.95. The predicted octanol–water partition coefficient (Wildman–Crippen LogP) is 3.44. The van der Waals surface area contributed by atoms with Gasteiger partial charge < -0.3 is 15.2 Å². The molecule has 1 saturated heterocycles. The zero-order valence-electron chi connectivity index (χ0n) is 16.4. The fourth-order valence-corrected chi connectivity index (χ4v) is 3.89. The van der Waals surface area contributed by atoms with Crippen molar-refractivity contribution in [3.05, 3.63) is 59.5 Å². The maximum Gasteiger partial charge on any atom is 0.329 e. The molecule has 1 aromatic heterocycles. The van der Waals surface area contributed by atoms with Crippen LogP contribution in [0.25, 0.3) is 6.08 Å². The minimum atomic E-state index is -0.587. The molecule has 29 heavy (non-hydrogen) atoms. The minimum absolute atomic E-state index is 0.183. The molecule has 4 amide bonds. The lowest BCUT2D eigenvalue weighted by atomic mass is 10.2. The maximum atomic E-state index is 12.6. The molecule has 1 aliphatic carbocycles. The summed E-state index contributed by atoms with van der Waals surface area (Å²) in [4.78, 5) is 38.0. The number of aromatic nitrogens is 1. The first kappa shape index (κ1) is 19.0. The molecule has 2 aromatic rings. The van der Waals surface area contributed by atoms with Gasteiger partial charge in [-0.1, -0.05) is 25.0 Å². The smallest absolute Gasteiger partial charge is 0.329 e. The third-order valence-corrected chi connectivity index (χ3v) is 5.36. The van der Waals surface area contributed by atoms with Crippen molar-refractivity contribution >= 4 is 29.6 Å². The molecule has 0 bridgehead atoms. The molecular weight excluding hydrogens is 368 g/mol. The molecule has 0 atom stereocenters. The van der Waals surface area contributed by atoms with Crippen molar-refractivity contribution in [2.75, 3.05) is 11.9 Å². The molecule has 0 radical (unpaired) electrons. The van der Waals surface area contributed by atoms with Crippen molar-refractivity contribution < 1.29 is 14.4 Å². The van der Waals surface area contributed by atoms with Crippen LogP contribution in [-0.2, 0) is 9.59 Å². The van der Waals surface area contributed by atoms with Gasteiger partial charge in [0.25, 0.3) is 5.91 Å². The Balaban J connectivity index is 1.41. The Bertz CT molecular complexity index is 985. The number of benzene rings is 1. The number of amides is 4. The molecule has 1 saturated carbocycles. The molecule has 0 spiro atoms. The van der Waals surface area contributed by atoms with E-state index in [0.29, 0.717) is 11.7 Å². The van der Waals surface area contributed by atoms with Crippen LogP contribution in [0, 0.1) is 6.92 Å². The molecule has 2 aliphatic rings. The molecule has 2 heterocycles. The third kappa shape index (κ3) is 4.23. The number of urea groups is 1. The lowest BCUT2D eigenvalue weighted by molar-refractivity contribution is -0.127. The number of nitrogens with one attached hydrogen (secondary N) is 2. The van der Waals surface area contributed by atoms with Crippen LogP contribution in [0.15, 0.2) is 48.4 Å². The van der Waals surface area contributed by atoms with Gasteiger partial charge >= 0.3 is 6.03 Å². The number of imide groups is 1. The topological polar surface area (TPSA) is 83.4 Å². The summed E-state index contributed by atoms with van der Waals surface area (Å²) < 4.78 is 2.17. The standard InChI is InChI=1S/C22H24N4O3/c1-15-5-4-6-17(11-15)23-20(27)14-26-21(28)19(24-22(26)29)12-16-9-10-25(13-16)18-7-2-3-8-18/h4-6,9-13,18H,2-3,7-8,14H2,1H3,(H,23,27)(H,24,29)/b19-12+. The Morgan fingerprint density at radius 3 is 2.79 bits per heavy atom. The number of aryl methyl sites for hydroxylation is 1. The third-order valence-electron chi connectivity index (χ3n) is 5.36.